The highest BCUT2D eigenvalue weighted by atomic mass is 35.5. The highest BCUT2D eigenvalue weighted by molar-refractivity contribution is 6.31. The van der Waals surface area contributed by atoms with Crippen molar-refractivity contribution in [2.24, 2.45) is 0 Å². The first-order valence-electron chi connectivity index (χ1n) is 16.2. The van der Waals surface area contributed by atoms with Crippen LogP contribution >= 0.6 is 11.6 Å². The van der Waals surface area contributed by atoms with Gasteiger partial charge in [0.05, 0.1) is 6.10 Å². The molecule has 0 spiro atoms. The summed E-state index contributed by atoms with van der Waals surface area (Å²) in [6, 6.07) is 16.0. The van der Waals surface area contributed by atoms with Gasteiger partial charge in [-0.05, 0) is 79.0 Å². The van der Waals surface area contributed by atoms with E-state index in [1.165, 1.54) is 0 Å². The number of nitrogens with one attached hydrogen (secondary N) is 2. The molecule has 47 heavy (non-hydrogen) atoms. The van der Waals surface area contributed by atoms with Crippen LogP contribution in [0.1, 0.15) is 61.1 Å². The zero-order valence-corrected chi connectivity index (χ0v) is 26.7. The maximum atomic E-state index is 12.5. The molecule has 2 saturated carbocycles. The number of benzene rings is 2. The smallest absolute Gasteiger partial charge is 0.252 e. The number of aromatic nitrogens is 1. The molecule has 1 aliphatic heterocycles. The molecule has 2 aromatic carbocycles. The largest absolute Gasteiger partial charge is 0.490 e. The van der Waals surface area contributed by atoms with Crippen LogP contribution in [0.5, 0.6) is 5.75 Å². The maximum absolute atomic E-state index is 12.5. The molecule has 2 aliphatic carbocycles. The first-order valence-corrected chi connectivity index (χ1v) is 16.6. The second-order valence-electron chi connectivity index (χ2n) is 12.8. The zero-order valence-electron chi connectivity index (χ0n) is 26.0. The van der Waals surface area contributed by atoms with E-state index in [9.17, 15) is 30.3 Å². The lowest BCUT2D eigenvalue weighted by atomic mass is 9.92. The van der Waals surface area contributed by atoms with Crippen LogP contribution in [-0.4, -0.2) is 86.4 Å². The topological polar surface area (TPSA) is 174 Å². The van der Waals surface area contributed by atoms with Crippen molar-refractivity contribution in [1.82, 2.24) is 15.6 Å². The Morgan fingerprint density at radius 3 is 2.57 bits per heavy atom. The van der Waals surface area contributed by atoms with Gasteiger partial charge in [-0.2, -0.15) is 0 Å². The number of carbonyl (C=O) groups excluding carboxylic acids is 1. The number of aliphatic hydroxyl groups is 5. The summed E-state index contributed by atoms with van der Waals surface area (Å²) in [4.78, 5) is 17.0. The quantitative estimate of drug-likeness (QED) is 0.127. The Morgan fingerprint density at radius 1 is 1.04 bits per heavy atom. The van der Waals surface area contributed by atoms with Crippen molar-refractivity contribution in [3.8, 4) is 16.9 Å². The Balaban J connectivity index is 1.08. The van der Waals surface area contributed by atoms with Gasteiger partial charge in [0.15, 0.2) is 12.4 Å². The van der Waals surface area contributed by atoms with Crippen LogP contribution in [0.2, 0.25) is 5.02 Å². The Hall–Kier alpha value is -3.13. The van der Waals surface area contributed by atoms with E-state index < -0.39 is 36.6 Å². The van der Waals surface area contributed by atoms with Gasteiger partial charge in [0.1, 0.15) is 24.1 Å². The highest BCUT2D eigenvalue weighted by Crippen LogP contribution is 2.50. The van der Waals surface area contributed by atoms with Gasteiger partial charge in [-0.3, -0.25) is 9.78 Å². The Kier molecular flexibility index (Phi) is 10.5. The van der Waals surface area contributed by atoms with Gasteiger partial charge in [0.2, 0.25) is 0 Å². The lowest BCUT2D eigenvalue weighted by molar-refractivity contribution is -0.275. The standard InChI is InChI=1S/C35H42ClN3O8/c36-27-10-7-20(21(19-40)4-3-14-38-33(44)32-30(42)29(41)31(43)34(45)47-32)16-22(27)17-39-35(12-13-35)26-18-37-15-11-24(26)25-5-1-2-6-28(25)46-23-8-9-23/h1-2,5-7,10-11,15-16,18,21,23,29-32,34,39-43,45H,3-4,8-9,12-14,17,19H2,(H,38,44)/t21?,29-,30-,31+,32-,34?/m0/s1. The fourth-order valence-corrected chi connectivity index (χ4v) is 6.37. The number of carbonyl (C=O) groups is 1. The van der Waals surface area contributed by atoms with Gasteiger partial charge >= 0.3 is 0 Å². The molecule has 252 valence electrons. The van der Waals surface area contributed by atoms with E-state index in [1.54, 1.807) is 0 Å². The number of halogens is 1. The third-order valence-electron chi connectivity index (χ3n) is 9.34. The number of hydrogen-bond acceptors (Lipinski definition) is 10. The average Bonchev–Trinajstić information content (AvgIpc) is 4.03. The Morgan fingerprint density at radius 2 is 1.83 bits per heavy atom. The fourth-order valence-electron chi connectivity index (χ4n) is 6.18. The molecule has 11 nitrogen and oxygen atoms in total. The molecule has 1 aromatic heterocycles. The van der Waals surface area contributed by atoms with Crippen molar-refractivity contribution >= 4 is 17.5 Å². The normalized spacial score (nSPS) is 25.6. The van der Waals surface area contributed by atoms with Gasteiger partial charge < -0.3 is 45.6 Å². The lowest BCUT2D eigenvalue weighted by Gasteiger charge is -2.37. The molecule has 3 fully saturated rings. The Labute approximate surface area is 278 Å². The highest BCUT2D eigenvalue weighted by Gasteiger charge is 2.47. The van der Waals surface area contributed by atoms with E-state index in [0.717, 1.165) is 59.3 Å². The number of hydrogen-bond donors (Lipinski definition) is 7. The molecule has 2 unspecified atom stereocenters. The number of pyridine rings is 1. The molecule has 6 rings (SSSR count). The molecule has 1 saturated heterocycles. The van der Waals surface area contributed by atoms with Crippen LogP contribution in [0.25, 0.3) is 11.1 Å². The van der Waals surface area contributed by atoms with Crippen molar-refractivity contribution in [3.05, 3.63) is 82.6 Å². The second-order valence-corrected chi connectivity index (χ2v) is 13.2. The summed E-state index contributed by atoms with van der Waals surface area (Å²) in [5.41, 5.74) is 4.87. The molecule has 12 heteroatoms. The van der Waals surface area contributed by atoms with Gasteiger partial charge in [0, 0.05) is 54.1 Å². The number of aliphatic hydroxyl groups excluding tert-OH is 5. The minimum atomic E-state index is -1.79. The molecule has 3 aliphatic rings. The number of para-hydroxylation sites is 1. The van der Waals surface area contributed by atoms with Crippen molar-refractivity contribution < 1.29 is 39.8 Å². The molecule has 0 radical (unpaired) electrons. The molecule has 0 bridgehead atoms. The summed E-state index contributed by atoms with van der Waals surface area (Å²) in [7, 11) is 0. The van der Waals surface area contributed by atoms with E-state index in [4.69, 9.17) is 21.1 Å². The third-order valence-corrected chi connectivity index (χ3v) is 9.70. The summed E-state index contributed by atoms with van der Waals surface area (Å²) in [6.07, 6.45) is 0.762. The minimum Gasteiger partial charge on any atom is -0.490 e. The summed E-state index contributed by atoms with van der Waals surface area (Å²) >= 11 is 6.66. The van der Waals surface area contributed by atoms with Crippen LogP contribution in [0.3, 0.4) is 0 Å². The summed E-state index contributed by atoms with van der Waals surface area (Å²) in [5, 5.41) is 56.5. The van der Waals surface area contributed by atoms with E-state index in [2.05, 4.69) is 27.8 Å². The van der Waals surface area contributed by atoms with E-state index in [0.29, 0.717) is 24.4 Å². The maximum Gasteiger partial charge on any atom is 0.252 e. The molecular weight excluding hydrogens is 626 g/mol. The first-order chi connectivity index (χ1) is 22.7. The minimum absolute atomic E-state index is 0.103. The monoisotopic (exact) mass is 667 g/mol. The molecule has 6 atom stereocenters. The van der Waals surface area contributed by atoms with Crippen LogP contribution in [0, 0.1) is 0 Å². The Bertz CT molecular complexity index is 1550. The summed E-state index contributed by atoms with van der Waals surface area (Å²) in [6.45, 7) is 0.628. The molecular formula is C35H42ClN3O8. The average molecular weight is 668 g/mol. The van der Waals surface area contributed by atoms with Crippen LogP contribution < -0.4 is 15.4 Å². The van der Waals surface area contributed by atoms with Gasteiger partial charge in [-0.1, -0.05) is 41.9 Å². The van der Waals surface area contributed by atoms with Gasteiger partial charge in [-0.25, -0.2) is 0 Å². The van der Waals surface area contributed by atoms with Crippen molar-refractivity contribution in [3.63, 3.8) is 0 Å². The predicted octanol–water partition coefficient (Wildman–Crippen LogP) is 2.49. The number of ether oxygens (including phenoxy) is 2. The third kappa shape index (κ3) is 7.63. The van der Waals surface area contributed by atoms with Crippen molar-refractivity contribution in [2.45, 2.75) is 93.3 Å². The van der Waals surface area contributed by atoms with E-state index in [-0.39, 0.29) is 30.7 Å². The van der Waals surface area contributed by atoms with Crippen LogP contribution in [0.15, 0.2) is 60.9 Å². The van der Waals surface area contributed by atoms with Crippen molar-refractivity contribution in [2.75, 3.05) is 13.2 Å². The lowest BCUT2D eigenvalue weighted by Crippen LogP contribution is -2.61. The summed E-state index contributed by atoms with van der Waals surface area (Å²) < 4.78 is 11.2. The second kappa shape index (κ2) is 14.6. The number of nitrogens with zero attached hydrogens (tertiary/aromatic N) is 1. The van der Waals surface area contributed by atoms with Crippen LogP contribution in [0.4, 0.5) is 0 Å². The molecule has 2 heterocycles. The van der Waals surface area contributed by atoms with Crippen molar-refractivity contribution in [1.29, 1.82) is 0 Å². The van der Waals surface area contributed by atoms with E-state index >= 15 is 0 Å². The number of amides is 1. The van der Waals surface area contributed by atoms with E-state index in [1.807, 2.05) is 48.8 Å². The zero-order chi connectivity index (χ0) is 33.1. The molecule has 7 N–H and O–H groups in total. The fraction of sp³-hybridized carbons (Fsp3) is 0.486. The van der Waals surface area contributed by atoms with Crippen LogP contribution in [-0.2, 0) is 21.6 Å². The van der Waals surface area contributed by atoms with Gasteiger partial charge in [0.25, 0.3) is 5.91 Å². The molecule has 1 amide bonds. The SMILES string of the molecule is O=C(NCCCC(CO)c1ccc(Cl)c(CNC2(c3cnccc3-c3ccccc3OC3CC3)CC2)c1)[C@H]1OC(O)[C@H](O)[C@@H](O)[C@@H]1O. The van der Waals surface area contributed by atoms with Gasteiger partial charge in [-0.15, -0.1) is 0 Å². The number of rotatable bonds is 14. The predicted molar refractivity (Wildman–Crippen MR) is 173 cm³/mol. The first kappa shape index (κ1) is 33.8. The molecule has 3 aromatic rings. The summed E-state index contributed by atoms with van der Waals surface area (Å²) in [5.74, 6) is -0.0328.